The van der Waals surface area contributed by atoms with Gasteiger partial charge in [0.1, 0.15) is 18.9 Å². The molecule has 0 fully saturated rings. The maximum atomic E-state index is 12.5. The fraction of sp³-hybridized carbons (Fsp3) is 0.412. The fourth-order valence-corrected chi connectivity index (χ4v) is 2.43. The summed E-state index contributed by atoms with van der Waals surface area (Å²) >= 11 is 0. The van der Waals surface area contributed by atoms with E-state index < -0.39 is 5.97 Å². The predicted octanol–water partition coefficient (Wildman–Crippen LogP) is 1.44. The molecule has 0 bridgehead atoms. The molecule has 1 aromatic carbocycles. The van der Waals surface area contributed by atoms with Crippen LogP contribution in [-0.2, 0) is 16.0 Å². The molecule has 0 spiro atoms. The van der Waals surface area contributed by atoms with Crippen molar-refractivity contribution in [3.05, 3.63) is 41.2 Å². The van der Waals surface area contributed by atoms with Crippen molar-refractivity contribution in [2.24, 2.45) is 5.73 Å². The molecular weight excluding hydrogens is 315 g/mol. The molecule has 7 heteroatoms. The van der Waals surface area contributed by atoms with Crippen molar-refractivity contribution in [1.29, 1.82) is 0 Å². The first-order valence-corrected chi connectivity index (χ1v) is 7.77. The van der Waals surface area contributed by atoms with E-state index in [9.17, 15) is 14.0 Å². The number of hydrogen-bond acceptors (Lipinski definition) is 5. The van der Waals surface area contributed by atoms with Crippen LogP contribution in [0.1, 0.15) is 22.8 Å². The van der Waals surface area contributed by atoms with Crippen LogP contribution >= 0.6 is 0 Å². The van der Waals surface area contributed by atoms with Crippen molar-refractivity contribution in [1.82, 2.24) is 4.90 Å². The number of benzene rings is 1. The van der Waals surface area contributed by atoms with E-state index in [1.54, 1.807) is 25.1 Å². The average Bonchev–Trinajstić information content (AvgIpc) is 2.58. The summed E-state index contributed by atoms with van der Waals surface area (Å²) in [6.45, 7) is 2.55. The van der Waals surface area contributed by atoms with Gasteiger partial charge in [0.15, 0.2) is 0 Å². The van der Waals surface area contributed by atoms with Gasteiger partial charge < -0.3 is 20.1 Å². The van der Waals surface area contributed by atoms with E-state index in [2.05, 4.69) is 0 Å². The second-order valence-corrected chi connectivity index (χ2v) is 5.36. The molecule has 1 heterocycles. The molecule has 0 aromatic heterocycles. The summed E-state index contributed by atoms with van der Waals surface area (Å²) < 4.78 is 22.8. The maximum Gasteiger partial charge on any atom is 0.325 e. The van der Waals surface area contributed by atoms with E-state index in [1.807, 2.05) is 0 Å². The predicted molar refractivity (Wildman–Crippen MR) is 86.4 cm³/mol. The van der Waals surface area contributed by atoms with Gasteiger partial charge in [-0.2, -0.15) is 0 Å². The molecule has 0 aliphatic carbocycles. The maximum absolute atomic E-state index is 12.5. The van der Waals surface area contributed by atoms with Gasteiger partial charge in [0.05, 0.1) is 12.9 Å². The Morgan fingerprint density at radius 2 is 2.25 bits per heavy atom. The average molecular weight is 336 g/mol. The van der Waals surface area contributed by atoms with Crippen LogP contribution in [0.3, 0.4) is 0 Å². The van der Waals surface area contributed by atoms with E-state index in [0.29, 0.717) is 36.2 Å². The van der Waals surface area contributed by atoms with Crippen LogP contribution in [0.15, 0.2) is 30.1 Å². The largest absolute Gasteiger partial charge is 0.489 e. The molecule has 2 rings (SSSR count). The Hall–Kier alpha value is -2.41. The molecule has 24 heavy (non-hydrogen) atoms. The van der Waals surface area contributed by atoms with Crippen molar-refractivity contribution in [2.75, 3.05) is 32.8 Å². The molecule has 1 aromatic rings. The number of nitrogens with zero attached hydrogens (tertiary/aromatic N) is 1. The van der Waals surface area contributed by atoms with Crippen LogP contribution in [0.5, 0.6) is 5.75 Å². The number of fused-ring (bicyclic) bond motifs is 1. The van der Waals surface area contributed by atoms with E-state index in [4.69, 9.17) is 15.2 Å². The third-order valence-corrected chi connectivity index (χ3v) is 3.71. The minimum Gasteiger partial charge on any atom is -0.489 e. The number of halogens is 1. The number of esters is 1. The Morgan fingerprint density at radius 3 is 2.92 bits per heavy atom. The summed E-state index contributed by atoms with van der Waals surface area (Å²) in [7, 11) is 0. The summed E-state index contributed by atoms with van der Waals surface area (Å²) in [5, 5.41) is 0. The van der Waals surface area contributed by atoms with Gasteiger partial charge in [-0.05, 0) is 37.1 Å². The Balaban J connectivity index is 2.04. The zero-order valence-electron chi connectivity index (χ0n) is 13.6. The van der Waals surface area contributed by atoms with Gasteiger partial charge in [0.25, 0.3) is 5.91 Å². The molecule has 0 unspecified atom stereocenters. The number of ether oxygens (including phenoxy) is 2. The second kappa shape index (κ2) is 8.44. The van der Waals surface area contributed by atoms with Gasteiger partial charge in [-0.3, -0.25) is 9.59 Å². The van der Waals surface area contributed by atoms with Crippen LogP contribution in [0.2, 0.25) is 0 Å². The third-order valence-electron chi connectivity index (χ3n) is 3.71. The molecule has 1 amide bonds. The Kier molecular flexibility index (Phi) is 6.31. The molecule has 0 atom stereocenters. The van der Waals surface area contributed by atoms with Gasteiger partial charge >= 0.3 is 5.97 Å². The Morgan fingerprint density at radius 1 is 1.46 bits per heavy atom. The first-order chi connectivity index (χ1) is 11.6. The van der Waals surface area contributed by atoms with Crippen molar-refractivity contribution >= 4 is 11.9 Å². The lowest BCUT2D eigenvalue weighted by atomic mass is 9.98. The molecule has 6 nitrogen and oxygen atoms in total. The summed E-state index contributed by atoms with van der Waals surface area (Å²) in [5.41, 5.74) is 7.11. The molecule has 130 valence electrons. The molecule has 1 aliphatic heterocycles. The standard InChI is InChI=1S/C17H21FN2O4/c1-2-23-16(21)10-20-6-5-13-7-14(3-4-15(13)17(20)22)24-11-12(8-18)9-19/h3-4,7-8H,2,5-6,9-11,19H2,1H3/b12-8-. The van der Waals surface area contributed by atoms with Gasteiger partial charge in [0, 0.05) is 24.2 Å². The molecule has 1 aliphatic rings. The highest BCUT2D eigenvalue weighted by atomic mass is 19.1. The van der Waals surface area contributed by atoms with Crippen LogP contribution in [0, 0.1) is 0 Å². The zero-order chi connectivity index (χ0) is 17.5. The smallest absolute Gasteiger partial charge is 0.325 e. The molecule has 0 radical (unpaired) electrons. The highest BCUT2D eigenvalue weighted by molar-refractivity contribution is 5.98. The van der Waals surface area contributed by atoms with Gasteiger partial charge in [-0.25, -0.2) is 4.39 Å². The lowest BCUT2D eigenvalue weighted by molar-refractivity contribution is -0.143. The van der Waals surface area contributed by atoms with Crippen LogP contribution < -0.4 is 10.5 Å². The van der Waals surface area contributed by atoms with E-state index >= 15 is 0 Å². The quantitative estimate of drug-likeness (QED) is 0.762. The Labute approximate surface area is 140 Å². The molecule has 0 saturated heterocycles. The third kappa shape index (κ3) is 4.32. The van der Waals surface area contributed by atoms with Gasteiger partial charge in [-0.1, -0.05) is 0 Å². The van der Waals surface area contributed by atoms with Crippen molar-refractivity contribution < 1.29 is 23.5 Å². The minimum absolute atomic E-state index is 0.0501. The second-order valence-electron chi connectivity index (χ2n) is 5.36. The molecule has 2 N–H and O–H groups in total. The van der Waals surface area contributed by atoms with Crippen molar-refractivity contribution in [3.8, 4) is 5.75 Å². The summed E-state index contributed by atoms with van der Waals surface area (Å²) in [5.74, 6) is -0.0723. The fourth-order valence-electron chi connectivity index (χ4n) is 2.43. The number of carbonyl (C=O) groups excluding carboxylic acids is 2. The molecular formula is C17H21FN2O4. The highest BCUT2D eigenvalue weighted by Gasteiger charge is 2.26. The minimum atomic E-state index is -0.415. The lowest BCUT2D eigenvalue weighted by Gasteiger charge is -2.28. The first kappa shape index (κ1) is 17.9. The summed E-state index contributed by atoms with van der Waals surface area (Å²) in [4.78, 5) is 25.4. The monoisotopic (exact) mass is 336 g/mol. The summed E-state index contributed by atoms with van der Waals surface area (Å²) in [6.07, 6.45) is 1.05. The Bertz CT molecular complexity index is 645. The van der Waals surface area contributed by atoms with E-state index in [0.717, 1.165) is 5.56 Å². The number of amides is 1. The highest BCUT2D eigenvalue weighted by Crippen LogP contribution is 2.24. The number of carbonyl (C=O) groups is 2. The number of hydrogen-bond donors (Lipinski definition) is 1. The van der Waals surface area contributed by atoms with Crippen LogP contribution in [-0.4, -0.2) is 49.6 Å². The van der Waals surface area contributed by atoms with Crippen molar-refractivity contribution in [3.63, 3.8) is 0 Å². The number of nitrogens with two attached hydrogens (primary N) is 1. The topological polar surface area (TPSA) is 81.9 Å². The van der Waals surface area contributed by atoms with Crippen LogP contribution in [0.25, 0.3) is 0 Å². The number of rotatable bonds is 7. The summed E-state index contributed by atoms with van der Waals surface area (Å²) in [6, 6.07) is 5.07. The normalized spacial score (nSPS) is 14.4. The van der Waals surface area contributed by atoms with Crippen molar-refractivity contribution in [2.45, 2.75) is 13.3 Å². The first-order valence-electron chi connectivity index (χ1n) is 7.77. The van der Waals surface area contributed by atoms with Gasteiger partial charge in [0.2, 0.25) is 0 Å². The lowest BCUT2D eigenvalue weighted by Crippen LogP contribution is -2.41. The molecule has 0 saturated carbocycles. The van der Waals surface area contributed by atoms with Gasteiger partial charge in [-0.15, -0.1) is 0 Å². The van der Waals surface area contributed by atoms with Crippen LogP contribution in [0.4, 0.5) is 4.39 Å². The zero-order valence-corrected chi connectivity index (χ0v) is 13.6. The van der Waals surface area contributed by atoms with E-state index in [-0.39, 0.29) is 32.2 Å². The SMILES string of the molecule is CCOC(=O)CN1CCc2cc(OC/C(=C\F)CN)ccc2C1=O. The van der Waals surface area contributed by atoms with E-state index in [1.165, 1.54) is 4.90 Å².